The molecule has 2 aromatic rings. The lowest BCUT2D eigenvalue weighted by atomic mass is 10.2. The van der Waals surface area contributed by atoms with Crippen LogP contribution >= 0.6 is 0 Å². The van der Waals surface area contributed by atoms with Gasteiger partial charge in [-0.15, -0.1) is 0 Å². The number of hydrogen-bond acceptors (Lipinski definition) is 7. The summed E-state index contributed by atoms with van der Waals surface area (Å²) in [7, 11) is 1.60. The lowest BCUT2D eigenvalue weighted by Crippen LogP contribution is -2.50. The number of methoxy groups -OCH3 is 1. The number of ether oxygens (including phenoxy) is 2. The Morgan fingerprint density at radius 3 is 2.45 bits per heavy atom. The summed E-state index contributed by atoms with van der Waals surface area (Å²) in [6, 6.07) is 8.72. The maximum Gasteiger partial charge on any atom is 0.276 e. The quantitative estimate of drug-likeness (QED) is 0.702. The number of nitrogens with one attached hydrogen (secondary N) is 1. The summed E-state index contributed by atoms with van der Waals surface area (Å²) in [6.07, 6.45) is 0. The summed E-state index contributed by atoms with van der Waals surface area (Å²) in [5.41, 5.74) is 0.347. The van der Waals surface area contributed by atoms with Gasteiger partial charge < -0.3 is 24.2 Å². The van der Waals surface area contributed by atoms with Gasteiger partial charge in [-0.05, 0) is 31.2 Å². The third-order valence-corrected chi connectivity index (χ3v) is 4.69. The molecule has 0 spiro atoms. The predicted molar refractivity (Wildman–Crippen MR) is 105 cm³/mol. The molecule has 2 heterocycles. The SMILES string of the molecule is COc1ccc(OCC(=O)NCCN2CCN(C(=O)c3cc(C)on3)CC2)cc1. The first-order valence-corrected chi connectivity index (χ1v) is 9.53. The van der Waals surface area contributed by atoms with E-state index in [0.717, 1.165) is 25.4 Å². The van der Waals surface area contributed by atoms with Crippen molar-refractivity contribution in [1.29, 1.82) is 0 Å². The van der Waals surface area contributed by atoms with E-state index in [2.05, 4.69) is 15.4 Å². The van der Waals surface area contributed by atoms with Crippen LogP contribution in [0.2, 0.25) is 0 Å². The average molecular weight is 402 g/mol. The molecule has 0 radical (unpaired) electrons. The van der Waals surface area contributed by atoms with Crippen molar-refractivity contribution in [2.45, 2.75) is 6.92 Å². The summed E-state index contributed by atoms with van der Waals surface area (Å²) in [4.78, 5) is 28.3. The Bertz CT molecular complexity index is 813. The summed E-state index contributed by atoms with van der Waals surface area (Å²) < 4.78 is 15.5. The Balaban J connectivity index is 1.31. The molecular formula is C20H26N4O5. The van der Waals surface area contributed by atoms with Crippen LogP contribution in [-0.4, -0.2) is 79.8 Å². The Hall–Kier alpha value is -3.07. The maximum absolute atomic E-state index is 12.4. The van der Waals surface area contributed by atoms with Gasteiger partial charge in [-0.2, -0.15) is 0 Å². The number of piperazine rings is 1. The molecule has 29 heavy (non-hydrogen) atoms. The fourth-order valence-electron chi connectivity index (χ4n) is 3.03. The van der Waals surface area contributed by atoms with Gasteiger partial charge in [-0.1, -0.05) is 5.16 Å². The number of hydrogen-bond donors (Lipinski definition) is 1. The number of aromatic nitrogens is 1. The molecule has 0 aliphatic carbocycles. The van der Waals surface area contributed by atoms with E-state index in [9.17, 15) is 9.59 Å². The molecule has 1 fully saturated rings. The van der Waals surface area contributed by atoms with Crippen molar-refractivity contribution >= 4 is 11.8 Å². The van der Waals surface area contributed by atoms with Crippen molar-refractivity contribution in [3.8, 4) is 11.5 Å². The van der Waals surface area contributed by atoms with Gasteiger partial charge in [0.05, 0.1) is 7.11 Å². The van der Waals surface area contributed by atoms with Crippen LogP contribution in [0.25, 0.3) is 0 Å². The minimum Gasteiger partial charge on any atom is -0.497 e. The highest BCUT2D eigenvalue weighted by molar-refractivity contribution is 5.92. The van der Waals surface area contributed by atoms with E-state index in [1.165, 1.54) is 0 Å². The highest BCUT2D eigenvalue weighted by Crippen LogP contribution is 2.16. The monoisotopic (exact) mass is 402 g/mol. The Morgan fingerprint density at radius 1 is 1.14 bits per heavy atom. The molecule has 1 N–H and O–H groups in total. The van der Waals surface area contributed by atoms with E-state index in [1.54, 1.807) is 49.3 Å². The number of nitrogens with zero attached hydrogens (tertiary/aromatic N) is 3. The highest BCUT2D eigenvalue weighted by Gasteiger charge is 2.24. The summed E-state index contributed by atoms with van der Waals surface area (Å²) >= 11 is 0. The molecule has 0 atom stereocenters. The Morgan fingerprint density at radius 2 is 1.83 bits per heavy atom. The number of carbonyl (C=O) groups is 2. The fraction of sp³-hybridized carbons (Fsp3) is 0.450. The van der Waals surface area contributed by atoms with E-state index < -0.39 is 0 Å². The molecule has 2 amide bonds. The van der Waals surface area contributed by atoms with Crippen molar-refractivity contribution in [3.63, 3.8) is 0 Å². The second-order valence-corrected chi connectivity index (χ2v) is 6.77. The van der Waals surface area contributed by atoms with Gasteiger partial charge in [-0.25, -0.2) is 0 Å². The van der Waals surface area contributed by atoms with Crippen molar-refractivity contribution in [2.75, 3.05) is 53.0 Å². The number of aryl methyl sites for hydroxylation is 1. The van der Waals surface area contributed by atoms with Gasteiger partial charge in [-0.3, -0.25) is 14.5 Å². The second kappa shape index (κ2) is 9.92. The van der Waals surface area contributed by atoms with Crippen molar-refractivity contribution in [3.05, 3.63) is 41.8 Å². The predicted octanol–water partition coefficient (Wildman–Crippen LogP) is 0.945. The smallest absolute Gasteiger partial charge is 0.276 e. The van der Waals surface area contributed by atoms with Gasteiger partial charge in [0.2, 0.25) is 0 Å². The molecule has 156 valence electrons. The largest absolute Gasteiger partial charge is 0.497 e. The Kier molecular flexibility index (Phi) is 7.07. The topological polar surface area (TPSA) is 97.1 Å². The summed E-state index contributed by atoms with van der Waals surface area (Å²) in [6.45, 7) is 5.73. The Labute approximate surface area is 169 Å². The molecule has 9 nitrogen and oxygen atoms in total. The molecule has 0 bridgehead atoms. The second-order valence-electron chi connectivity index (χ2n) is 6.77. The van der Waals surface area contributed by atoms with Crippen LogP contribution in [0, 0.1) is 6.92 Å². The first kappa shape index (κ1) is 20.7. The molecule has 1 saturated heterocycles. The number of rotatable bonds is 8. The molecule has 0 unspecified atom stereocenters. The molecule has 9 heteroatoms. The number of benzene rings is 1. The molecule has 3 rings (SSSR count). The third kappa shape index (κ3) is 5.95. The normalized spacial score (nSPS) is 14.5. The lowest BCUT2D eigenvalue weighted by molar-refractivity contribution is -0.123. The molecule has 1 aromatic carbocycles. The van der Waals surface area contributed by atoms with E-state index in [4.69, 9.17) is 14.0 Å². The molecule has 0 saturated carbocycles. The van der Waals surface area contributed by atoms with Crippen LogP contribution < -0.4 is 14.8 Å². The van der Waals surface area contributed by atoms with Gasteiger partial charge in [0.15, 0.2) is 12.3 Å². The van der Waals surface area contributed by atoms with Crippen molar-refractivity contribution in [2.24, 2.45) is 0 Å². The van der Waals surface area contributed by atoms with Gasteiger partial charge in [0.25, 0.3) is 11.8 Å². The zero-order chi connectivity index (χ0) is 20.6. The van der Waals surface area contributed by atoms with Gasteiger partial charge in [0, 0.05) is 45.3 Å². The molecule has 1 aliphatic rings. The molecule has 1 aromatic heterocycles. The van der Waals surface area contributed by atoms with E-state index >= 15 is 0 Å². The van der Waals surface area contributed by atoms with Gasteiger partial charge >= 0.3 is 0 Å². The number of carbonyl (C=O) groups excluding carboxylic acids is 2. The molecular weight excluding hydrogens is 376 g/mol. The first-order valence-electron chi connectivity index (χ1n) is 9.53. The van der Waals surface area contributed by atoms with Crippen LogP contribution in [0.4, 0.5) is 0 Å². The van der Waals surface area contributed by atoms with Crippen LogP contribution in [-0.2, 0) is 4.79 Å². The third-order valence-electron chi connectivity index (χ3n) is 4.69. The van der Waals surface area contributed by atoms with Gasteiger partial charge in [0.1, 0.15) is 17.3 Å². The maximum atomic E-state index is 12.4. The first-order chi connectivity index (χ1) is 14.0. The number of amides is 2. The zero-order valence-electron chi connectivity index (χ0n) is 16.7. The minimum absolute atomic E-state index is 0.0360. The standard InChI is InChI=1S/C20H26N4O5/c1-15-13-18(22-29-15)20(26)24-11-9-23(10-12-24)8-7-21-19(25)14-28-17-5-3-16(27-2)4-6-17/h3-6,13H,7-12,14H2,1-2H3,(H,21,25). The zero-order valence-corrected chi connectivity index (χ0v) is 16.7. The minimum atomic E-state index is -0.170. The molecule has 1 aliphatic heterocycles. The van der Waals surface area contributed by atoms with Crippen LogP contribution in [0.15, 0.2) is 34.9 Å². The van der Waals surface area contributed by atoms with Crippen LogP contribution in [0.1, 0.15) is 16.2 Å². The van der Waals surface area contributed by atoms with Crippen molar-refractivity contribution < 1.29 is 23.6 Å². The highest BCUT2D eigenvalue weighted by atomic mass is 16.5. The summed E-state index contributed by atoms with van der Waals surface area (Å²) in [5, 5.41) is 6.63. The average Bonchev–Trinajstić information content (AvgIpc) is 3.19. The van der Waals surface area contributed by atoms with Crippen LogP contribution in [0.5, 0.6) is 11.5 Å². The van der Waals surface area contributed by atoms with Crippen molar-refractivity contribution in [1.82, 2.24) is 20.3 Å². The fourth-order valence-corrected chi connectivity index (χ4v) is 3.03. The van der Waals surface area contributed by atoms with E-state index in [-0.39, 0.29) is 18.4 Å². The van der Waals surface area contributed by atoms with E-state index in [0.29, 0.717) is 36.8 Å². The van der Waals surface area contributed by atoms with E-state index in [1.807, 2.05) is 0 Å². The van der Waals surface area contributed by atoms with Crippen LogP contribution in [0.3, 0.4) is 0 Å². The lowest BCUT2D eigenvalue weighted by Gasteiger charge is -2.34. The summed E-state index contributed by atoms with van der Waals surface area (Å²) in [5.74, 6) is 1.70.